The van der Waals surface area contributed by atoms with Crippen molar-refractivity contribution in [3.8, 4) is 11.4 Å². The van der Waals surface area contributed by atoms with Crippen LogP contribution < -0.4 is 0 Å². The van der Waals surface area contributed by atoms with E-state index in [-0.39, 0.29) is 0 Å². The third-order valence-corrected chi connectivity index (χ3v) is 5.14. The molecule has 24 heavy (non-hydrogen) atoms. The minimum atomic E-state index is 0.318. The monoisotopic (exact) mass is 345 g/mol. The molecule has 0 amide bonds. The third-order valence-electron chi connectivity index (χ3n) is 4.73. The second-order valence-electron chi connectivity index (χ2n) is 6.56. The third kappa shape index (κ3) is 3.16. The van der Waals surface area contributed by atoms with Gasteiger partial charge in [0.15, 0.2) is 10.6 Å². The molecule has 0 unspecified atom stereocenters. The van der Waals surface area contributed by atoms with E-state index in [9.17, 15) is 0 Å². The molecule has 6 nitrogen and oxygen atoms in total. The number of hydrogen-bond acceptors (Lipinski definition) is 5. The van der Waals surface area contributed by atoms with Gasteiger partial charge in [-0.1, -0.05) is 6.92 Å². The highest BCUT2D eigenvalue weighted by Gasteiger charge is 2.29. The highest BCUT2D eigenvalue weighted by Crippen LogP contribution is 2.38. The number of hydrogen-bond donors (Lipinski definition) is 0. The topological polar surface area (TPSA) is 48.1 Å². The fraction of sp³-hybridized carbons (Fsp3) is 0.588. The summed E-state index contributed by atoms with van der Waals surface area (Å²) in [5.41, 5.74) is 1.08. The maximum Gasteiger partial charge on any atom is 0.199 e. The van der Waals surface area contributed by atoms with Crippen LogP contribution in [0, 0.1) is 4.77 Å². The zero-order chi connectivity index (χ0) is 16.5. The largest absolute Gasteiger partial charge is 0.376 e. The zero-order valence-corrected chi connectivity index (χ0v) is 14.8. The van der Waals surface area contributed by atoms with E-state index >= 15 is 0 Å². The molecular formula is C17H23N5OS. The van der Waals surface area contributed by atoms with Crippen molar-refractivity contribution in [3.05, 3.63) is 29.3 Å². The van der Waals surface area contributed by atoms with Crippen LogP contribution in [0.15, 0.2) is 24.5 Å². The average molecular weight is 345 g/mol. The Kier molecular flexibility index (Phi) is 4.47. The first-order chi connectivity index (χ1) is 11.8. The predicted molar refractivity (Wildman–Crippen MR) is 94.2 cm³/mol. The molecule has 2 aliphatic rings. The molecular weight excluding hydrogens is 322 g/mol. The summed E-state index contributed by atoms with van der Waals surface area (Å²) in [7, 11) is 0. The van der Waals surface area contributed by atoms with Crippen LogP contribution in [0.5, 0.6) is 0 Å². The van der Waals surface area contributed by atoms with Gasteiger partial charge in [-0.15, -0.1) is 0 Å². The van der Waals surface area contributed by atoms with Crippen LogP contribution in [0.2, 0.25) is 0 Å². The van der Waals surface area contributed by atoms with Crippen molar-refractivity contribution in [1.29, 1.82) is 0 Å². The molecule has 1 saturated carbocycles. The van der Waals surface area contributed by atoms with Crippen LogP contribution in [0.25, 0.3) is 11.4 Å². The van der Waals surface area contributed by atoms with Gasteiger partial charge in [-0.3, -0.25) is 14.5 Å². The lowest BCUT2D eigenvalue weighted by Gasteiger charge is -2.32. The summed E-state index contributed by atoms with van der Waals surface area (Å²) in [6.45, 7) is 5.56. The minimum Gasteiger partial charge on any atom is -0.376 e. The Morgan fingerprint density at radius 3 is 2.79 bits per heavy atom. The van der Waals surface area contributed by atoms with Crippen LogP contribution in [0.1, 0.15) is 32.2 Å². The van der Waals surface area contributed by atoms with Crippen molar-refractivity contribution < 1.29 is 4.74 Å². The van der Waals surface area contributed by atoms with Crippen molar-refractivity contribution >= 4 is 12.2 Å². The van der Waals surface area contributed by atoms with Gasteiger partial charge in [-0.25, -0.2) is 4.68 Å². The summed E-state index contributed by atoms with van der Waals surface area (Å²) >= 11 is 5.75. The molecule has 0 radical (unpaired) electrons. The molecule has 128 valence electrons. The second kappa shape index (κ2) is 6.74. The van der Waals surface area contributed by atoms with Crippen LogP contribution in [-0.2, 0) is 11.4 Å². The zero-order valence-electron chi connectivity index (χ0n) is 14.0. The standard InChI is InChI=1S/C17H23N5OS/c1-2-15-11-20(9-10-23-15)12-21-17(24)22(14-3-4-14)16(19-21)13-5-7-18-8-6-13/h5-8,14-15H,2-4,9-12H2,1H3/t15-/m0/s1. The molecule has 1 saturated heterocycles. The number of rotatable bonds is 5. The number of morpholine rings is 1. The number of aromatic nitrogens is 4. The molecule has 0 bridgehead atoms. The number of nitrogens with zero attached hydrogens (tertiary/aromatic N) is 5. The highest BCUT2D eigenvalue weighted by atomic mass is 32.1. The summed E-state index contributed by atoms with van der Waals surface area (Å²) in [6, 6.07) is 4.51. The predicted octanol–water partition coefficient (Wildman–Crippen LogP) is 2.88. The van der Waals surface area contributed by atoms with Gasteiger partial charge in [-0.05, 0) is 43.6 Å². The van der Waals surface area contributed by atoms with Gasteiger partial charge in [-0.2, -0.15) is 5.10 Å². The van der Waals surface area contributed by atoms with Crippen molar-refractivity contribution in [2.45, 2.75) is 45.0 Å². The van der Waals surface area contributed by atoms with Gasteiger partial charge in [0.25, 0.3) is 0 Å². The summed E-state index contributed by atoms with van der Waals surface area (Å²) in [6.07, 6.45) is 7.35. The maximum absolute atomic E-state index is 5.76. The SMILES string of the molecule is CC[C@H]1CN(Cn2nc(-c3ccncc3)n(C3CC3)c2=S)CCO1. The van der Waals surface area contributed by atoms with Crippen LogP contribution in [0.4, 0.5) is 0 Å². The molecule has 7 heteroatoms. The van der Waals surface area contributed by atoms with Crippen molar-refractivity contribution in [2.75, 3.05) is 19.7 Å². The van der Waals surface area contributed by atoms with Gasteiger partial charge in [0.2, 0.25) is 0 Å². The first-order valence-corrected chi connectivity index (χ1v) is 9.10. The highest BCUT2D eigenvalue weighted by molar-refractivity contribution is 7.71. The van der Waals surface area contributed by atoms with Crippen LogP contribution in [-0.4, -0.2) is 50.0 Å². The van der Waals surface area contributed by atoms with Gasteiger partial charge in [0, 0.05) is 37.1 Å². The van der Waals surface area contributed by atoms with Crippen molar-refractivity contribution in [2.24, 2.45) is 0 Å². The number of pyridine rings is 1. The molecule has 0 spiro atoms. The molecule has 1 aliphatic heterocycles. The van der Waals surface area contributed by atoms with E-state index in [0.717, 1.165) is 48.9 Å². The minimum absolute atomic E-state index is 0.318. The summed E-state index contributed by atoms with van der Waals surface area (Å²) < 4.78 is 10.8. The van der Waals surface area contributed by atoms with E-state index in [1.165, 1.54) is 12.8 Å². The average Bonchev–Trinajstić information content (AvgIpc) is 3.41. The first-order valence-electron chi connectivity index (χ1n) is 8.70. The molecule has 0 aromatic carbocycles. The lowest BCUT2D eigenvalue weighted by molar-refractivity contribution is -0.0412. The summed E-state index contributed by atoms with van der Waals surface area (Å²) in [4.78, 5) is 6.49. The van der Waals surface area contributed by atoms with Gasteiger partial charge >= 0.3 is 0 Å². The molecule has 2 aromatic heterocycles. The normalized spacial score (nSPS) is 22.0. The van der Waals surface area contributed by atoms with Crippen molar-refractivity contribution in [1.82, 2.24) is 24.2 Å². The Morgan fingerprint density at radius 2 is 2.08 bits per heavy atom. The molecule has 1 aliphatic carbocycles. The van der Waals surface area contributed by atoms with E-state index in [0.29, 0.717) is 12.1 Å². The number of ether oxygens (including phenoxy) is 1. The van der Waals surface area contributed by atoms with Crippen LogP contribution >= 0.6 is 12.2 Å². The molecule has 2 aromatic rings. The molecule has 2 fully saturated rings. The first kappa shape index (κ1) is 15.9. The quantitative estimate of drug-likeness (QED) is 0.780. The maximum atomic E-state index is 5.76. The van der Waals surface area contributed by atoms with Crippen LogP contribution in [0.3, 0.4) is 0 Å². The van der Waals surface area contributed by atoms with Gasteiger partial charge < -0.3 is 4.74 Å². The molecule has 3 heterocycles. The summed E-state index contributed by atoms with van der Waals surface area (Å²) in [5, 5.41) is 4.85. The smallest absolute Gasteiger partial charge is 0.199 e. The Morgan fingerprint density at radius 1 is 1.29 bits per heavy atom. The van der Waals surface area contributed by atoms with E-state index in [2.05, 4.69) is 21.4 Å². The van der Waals surface area contributed by atoms with E-state index in [4.69, 9.17) is 22.1 Å². The van der Waals surface area contributed by atoms with E-state index in [1.807, 2.05) is 29.2 Å². The Bertz CT molecular complexity index is 752. The van der Waals surface area contributed by atoms with Crippen molar-refractivity contribution in [3.63, 3.8) is 0 Å². The Hall–Kier alpha value is -1.57. The lowest BCUT2D eigenvalue weighted by atomic mass is 10.2. The van der Waals surface area contributed by atoms with Gasteiger partial charge in [0.05, 0.1) is 19.4 Å². The second-order valence-corrected chi connectivity index (χ2v) is 6.93. The summed E-state index contributed by atoms with van der Waals surface area (Å²) in [5.74, 6) is 0.963. The lowest BCUT2D eigenvalue weighted by Crippen LogP contribution is -2.43. The van der Waals surface area contributed by atoms with E-state index < -0.39 is 0 Å². The fourth-order valence-corrected chi connectivity index (χ4v) is 3.55. The molecule has 4 rings (SSSR count). The Labute approximate surface area is 147 Å². The molecule has 0 N–H and O–H groups in total. The van der Waals surface area contributed by atoms with Gasteiger partial charge in [0.1, 0.15) is 0 Å². The van der Waals surface area contributed by atoms with E-state index in [1.54, 1.807) is 0 Å². The Balaban J connectivity index is 1.63. The molecule has 1 atom stereocenters. The fourth-order valence-electron chi connectivity index (χ4n) is 3.22.